The first kappa shape index (κ1) is 12.8. The van der Waals surface area contributed by atoms with E-state index in [2.05, 4.69) is 20.1 Å². The standard InChI is InChI=1S/C13H14N6S/c1-18(2)13-15-10-5-6-19(8-11(10)20-13)12-4-3-9(7-14)16-17-12/h3-4H,5-6,8H2,1-2H3. The molecule has 1 aliphatic rings. The molecule has 102 valence electrons. The fourth-order valence-corrected chi connectivity index (χ4v) is 3.17. The average Bonchev–Trinajstić information content (AvgIpc) is 2.90. The molecule has 0 saturated carbocycles. The Kier molecular flexibility index (Phi) is 3.24. The normalized spacial score (nSPS) is 13.8. The topological polar surface area (TPSA) is 68.9 Å². The van der Waals surface area contributed by atoms with Crippen LogP contribution in [0.2, 0.25) is 0 Å². The number of nitrogens with zero attached hydrogens (tertiary/aromatic N) is 6. The van der Waals surface area contributed by atoms with Gasteiger partial charge in [0.05, 0.1) is 12.2 Å². The molecule has 0 fully saturated rings. The second kappa shape index (κ2) is 5.06. The molecular weight excluding hydrogens is 272 g/mol. The van der Waals surface area contributed by atoms with Gasteiger partial charge in [-0.2, -0.15) is 5.26 Å². The molecule has 2 aromatic rings. The number of aromatic nitrogens is 3. The van der Waals surface area contributed by atoms with Crippen molar-refractivity contribution in [2.24, 2.45) is 0 Å². The Morgan fingerprint density at radius 2 is 2.20 bits per heavy atom. The summed E-state index contributed by atoms with van der Waals surface area (Å²) in [6.45, 7) is 1.69. The van der Waals surface area contributed by atoms with E-state index in [0.29, 0.717) is 5.69 Å². The minimum absolute atomic E-state index is 0.346. The molecule has 20 heavy (non-hydrogen) atoms. The van der Waals surface area contributed by atoms with Crippen LogP contribution in [0.4, 0.5) is 10.9 Å². The molecule has 0 amide bonds. The molecular formula is C13H14N6S. The maximum atomic E-state index is 8.75. The van der Waals surface area contributed by atoms with Crippen LogP contribution in [-0.4, -0.2) is 35.8 Å². The highest BCUT2D eigenvalue weighted by atomic mass is 32.1. The monoisotopic (exact) mass is 286 g/mol. The summed E-state index contributed by atoms with van der Waals surface area (Å²) in [4.78, 5) is 10.1. The van der Waals surface area contributed by atoms with E-state index in [4.69, 9.17) is 5.26 Å². The quantitative estimate of drug-likeness (QED) is 0.832. The second-order valence-electron chi connectivity index (χ2n) is 4.82. The lowest BCUT2D eigenvalue weighted by molar-refractivity contribution is 0.710. The number of thiazole rings is 1. The van der Waals surface area contributed by atoms with Gasteiger partial charge in [0.15, 0.2) is 16.6 Å². The van der Waals surface area contributed by atoms with Crippen molar-refractivity contribution in [3.8, 4) is 6.07 Å². The number of hydrogen-bond acceptors (Lipinski definition) is 7. The fraction of sp³-hybridized carbons (Fsp3) is 0.385. The van der Waals surface area contributed by atoms with Crippen LogP contribution in [0.1, 0.15) is 16.3 Å². The van der Waals surface area contributed by atoms with Gasteiger partial charge in [-0.05, 0) is 12.1 Å². The zero-order valence-corrected chi connectivity index (χ0v) is 12.2. The first-order valence-electron chi connectivity index (χ1n) is 6.32. The van der Waals surface area contributed by atoms with Gasteiger partial charge in [0, 0.05) is 31.9 Å². The van der Waals surface area contributed by atoms with Crippen molar-refractivity contribution in [2.75, 3.05) is 30.4 Å². The number of hydrogen-bond donors (Lipinski definition) is 0. The Bertz CT molecular complexity index is 654. The van der Waals surface area contributed by atoms with Crippen LogP contribution in [-0.2, 0) is 13.0 Å². The maximum absolute atomic E-state index is 8.75. The summed E-state index contributed by atoms with van der Waals surface area (Å²) in [7, 11) is 4.02. The largest absolute Gasteiger partial charge is 0.354 e. The first-order chi connectivity index (χ1) is 9.67. The third-order valence-corrected chi connectivity index (χ3v) is 4.44. The molecule has 0 bridgehead atoms. The van der Waals surface area contributed by atoms with Crippen molar-refractivity contribution in [3.63, 3.8) is 0 Å². The summed E-state index contributed by atoms with van der Waals surface area (Å²) < 4.78 is 0. The number of nitriles is 1. The Hall–Kier alpha value is -2.20. The summed E-state index contributed by atoms with van der Waals surface area (Å²) in [5, 5.41) is 17.8. The van der Waals surface area contributed by atoms with E-state index in [-0.39, 0.29) is 0 Å². The third kappa shape index (κ3) is 2.30. The van der Waals surface area contributed by atoms with Crippen LogP contribution in [0.3, 0.4) is 0 Å². The molecule has 0 saturated heterocycles. The lowest BCUT2D eigenvalue weighted by Gasteiger charge is -2.26. The zero-order valence-electron chi connectivity index (χ0n) is 11.4. The van der Waals surface area contributed by atoms with Crippen LogP contribution in [0, 0.1) is 11.3 Å². The average molecular weight is 286 g/mol. The number of fused-ring (bicyclic) bond motifs is 1. The minimum atomic E-state index is 0.346. The molecule has 2 aromatic heterocycles. The van der Waals surface area contributed by atoms with Crippen molar-refractivity contribution >= 4 is 22.3 Å². The SMILES string of the molecule is CN(C)c1nc2c(s1)CN(c1ccc(C#N)nn1)CC2. The van der Waals surface area contributed by atoms with E-state index in [9.17, 15) is 0 Å². The van der Waals surface area contributed by atoms with Crippen LogP contribution >= 0.6 is 11.3 Å². The van der Waals surface area contributed by atoms with Crippen molar-refractivity contribution in [1.29, 1.82) is 5.26 Å². The Morgan fingerprint density at radius 1 is 1.35 bits per heavy atom. The lowest BCUT2D eigenvalue weighted by Crippen LogP contribution is -2.30. The molecule has 6 nitrogen and oxygen atoms in total. The molecule has 0 atom stereocenters. The van der Waals surface area contributed by atoms with Gasteiger partial charge in [-0.1, -0.05) is 11.3 Å². The molecule has 0 spiro atoms. The smallest absolute Gasteiger partial charge is 0.185 e. The van der Waals surface area contributed by atoms with Gasteiger partial charge in [0.2, 0.25) is 0 Å². The van der Waals surface area contributed by atoms with Crippen molar-refractivity contribution in [3.05, 3.63) is 28.4 Å². The van der Waals surface area contributed by atoms with Gasteiger partial charge >= 0.3 is 0 Å². The molecule has 1 aliphatic heterocycles. The summed E-state index contributed by atoms with van der Waals surface area (Å²) >= 11 is 1.72. The predicted molar refractivity (Wildman–Crippen MR) is 77.9 cm³/mol. The van der Waals surface area contributed by atoms with E-state index < -0.39 is 0 Å². The van der Waals surface area contributed by atoms with Gasteiger partial charge in [-0.25, -0.2) is 4.98 Å². The predicted octanol–water partition coefficient (Wildman–Crippen LogP) is 1.43. The van der Waals surface area contributed by atoms with Gasteiger partial charge in [0.25, 0.3) is 0 Å². The van der Waals surface area contributed by atoms with E-state index in [1.54, 1.807) is 17.4 Å². The molecule has 0 N–H and O–H groups in total. The molecule has 0 aliphatic carbocycles. The van der Waals surface area contributed by atoms with Gasteiger partial charge < -0.3 is 9.80 Å². The number of rotatable bonds is 2. The highest BCUT2D eigenvalue weighted by Crippen LogP contribution is 2.30. The molecule has 0 aromatic carbocycles. The molecule has 3 rings (SSSR count). The highest BCUT2D eigenvalue weighted by Gasteiger charge is 2.22. The highest BCUT2D eigenvalue weighted by molar-refractivity contribution is 7.15. The van der Waals surface area contributed by atoms with Crippen LogP contribution in [0.25, 0.3) is 0 Å². The zero-order chi connectivity index (χ0) is 14.1. The third-order valence-electron chi connectivity index (χ3n) is 3.19. The first-order valence-corrected chi connectivity index (χ1v) is 7.13. The summed E-state index contributed by atoms with van der Waals surface area (Å²) in [5.74, 6) is 0.814. The fourth-order valence-electron chi connectivity index (χ4n) is 2.12. The van der Waals surface area contributed by atoms with E-state index in [0.717, 1.165) is 30.5 Å². The Morgan fingerprint density at radius 3 is 2.85 bits per heavy atom. The van der Waals surface area contributed by atoms with Crippen molar-refractivity contribution < 1.29 is 0 Å². The summed E-state index contributed by atoms with van der Waals surface area (Å²) in [6.07, 6.45) is 0.918. The second-order valence-corrected chi connectivity index (χ2v) is 5.88. The van der Waals surface area contributed by atoms with Crippen LogP contribution in [0.5, 0.6) is 0 Å². The molecule has 0 unspecified atom stereocenters. The Labute approximate surface area is 121 Å². The van der Waals surface area contributed by atoms with Gasteiger partial charge in [-0.15, -0.1) is 10.2 Å². The Balaban J connectivity index is 1.82. The van der Waals surface area contributed by atoms with Gasteiger partial charge in [-0.3, -0.25) is 0 Å². The van der Waals surface area contributed by atoms with Crippen molar-refractivity contribution in [1.82, 2.24) is 15.2 Å². The van der Waals surface area contributed by atoms with Crippen LogP contribution in [0.15, 0.2) is 12.1 Å². The van der Waals surface area contributed by atoms with Crippen LogP contribution < -0.4 is 9.80 Å². The van der Waals surface area contributed by atoms with Crippen molar-refractivity contribution in [2.45, 2.75) is 13.0 Å². The molecule has 3 heterocycles. The number of anilines is 2. The molecule has 7 heteroatoms. The van der Waals surface area contributed by atoms with E-state index in [1.807, 2.05) is 31.1 Å². The van der Waals surface area contributed by atoms with E-state index >= 15 is 0 Å². The minimum Gasteiger partial charge on any atom is -0.354 e. The molecule has 0 radical (unpaired) electrons. The van der Waals surface area contributed by atoms with Gasteiger partial charge in [0.1, 0.15) is 6.07 Å². The summed E-state index contributed by atoms with van der Waals surface area (Å²) in [5.41, 5.74) is 1.54. The lowest BCUT2D eigenvalue weighted by atomic mass is 10.2. The van der Waals surface area contributed by atoms with E-state index in [1.165, 1.54) is 10.6 Å². The summed E-state index contributed by atoms with van der Waals surface area (Å²) in [6, 6.07) is 5.54. The maximum Gasteiger partial charge on any atom is 0.185 e.